The van der Waals surface area contributed by atoms with Crippen LogP contribution in [0.1, 0.15) is 36.6 Å². The van der Waals surface area contributed by atoms with E-state index in [9.17, 15) is 9.90 Å². The van der Waals surface area contributed by atoms with E-state index in [0.29, 0.717) is 42.0 Å². The van der Waals surface area contributed by atoms with Crippen molar-refractivity contribution < 1.29 is 14.6 Å². The Labute approximate surface area is 212 Å². The van der Waals surface area contributed by atoms with Gasteiger partial charge in [-0.1, -0.05) is 29.8 Å². The van der Waals surface area contributed by atoms with Gasteiger partial charge >= 0.3 is 6.09 Å². The van der Waals surface area contributed by atoms with Gasteiger partial charge in [-0.15, -0.1) is 5.10 Å². The molecular formula is C25H26ClN7O3. The van der Waals surface area contributed by atoms with Crippen molar-refractivity contribution in [3.05, 3.63) is 52.7 Å². The van der Waals surface area contributed by atoms with E-state index in [2.05, 4.69) is 15.5 Å². The smallest absolute Gasteiger partial charge is 0.407 e. The van der Waals surface area contributed by atoms with Crippen molar-refractivity contribution >= 4 is 40.2 Å². The Hall–Kier alpha value is -3.63. The maximum atomic E-state index is 11.4. The summed E-state index contributed by atoms with van der Waals surface area (Å²) in [5.41, 5.74) is 4.63. The van der Waals surface area contributed by atoms with Crippen LogP contribution in [0.4, 0.5) is 16.4 Å². The molecule has 2 aliphatic heterocycles. The minimum absolute atomic E-state index is 0.0631. The van der Waals surface area contributed by atoms with Crippen LogP contribution in [0.3, 0.4) is 0 Å². The van der Waals surface area contributed by atoms with Crippen molar-refractivity contribution in [2.75, 3.05) is 18.5 Å². The highest BCUT2D eigenvalue weighted by Crippen LogP contribution is 2.36. The monoisotopic (exact) mass is 507 g/mol. The van der Waals surface area contributed by atoms with Crippen molar-refractivity contribution in [1.82, 2.24) is 29.4 Å². The standard InChI is InChI=1S/C25H26ClN7O3/c1-31-24(29-23(30-31)17-6-4-5-15-14-32(25(34)35)11-10-16(15)17)28-19-8-9-20-18(22(19)26)13-27-33(20)21-7-2-3-12-36-21/h4-6,8-9,13,21H,2-3,7,10-12,14H2,1H3,(H,34,35)(H,28,29,30). The summed E-state index contributed by atoms with van der Waals surface area (Å²) < 4.78 is 9.50. The van der Waals surface area contributed by atoms with E-state index >= 15 is 0 Å². The highest BCUT2D eigenvalue weighted by Gasteiger charge is 2.24. The second kappa shape index (κ2) is 9.11. The molecule has 11 heteroatoms. The van der Waals surface area contributed by atoms with Crippen LogP contribution in [0, 0.1) is 0 Å². The molecule has 1 saturated heterocycles. The first-order chi connectivity index (χ1) is 17.5. The first kappa shape index (κ1) is 22.8. The van der Waals surface area contributed by atoms with Crippen LogP contribution in [0.2, 0.25) is 5.02 Å². The summed E-state index contributed by atoms with van der Waals surface area (Å²) >= 11 is 6.79. The van der Waals surface area contributed by atoms with E-state index in [1.54, 1.807) is 10.9 Å². The second-order valence-electron chi connectivity index (χ2n) is 9.18. The van der Waals surface area contributed by atoms with Gasteiger partial charge in [0, 0.05) is 37.7 Å². The first-order valence-electron chi connectivity index (χ1n) is 12.0. The normalized spacial score (nSPS) is 17.8. The van der Waals surface area contributed by atoms with E-state index < -0.39 is 6.09 Å². The lowest BCUT2D eigenvalue weighted by atomic mass is 9.94. The van der Waals surface area contributed by atoms with Crippen molar-refractivity contribution in [3.8, 4) is 11.4 Å². The van der Waals surface area contributed by atoms with Gasteiger partial charge in [0.1, 0.15) is 0 Å². The molecule has 2 aromatic heterocycles. The van der Waals surface area contributed by atoms with Crippen LogP contribution in [0.15, 0.2) is 36.5 Å². The highest BCUT2D eigenvalue weighted by atomic mass is 35.5. The number of amides is 1. The minimum Gasteiger partial charge on any atom is -0.465 e. The number of nitrogens with zero attached hydrogens (tertiary/aromatic N) is 6. The molecule has 1 fully saturated rings. The number of fused-ring (bicyclic) bond motifs is 2. The van der Waals surface area contributed by atoms with Gasteiger partial charge in [0.25, 0.3) is 0 Å². The SMILES string of the molecule is Cn1nc(-c2cccc3c2CCN(C(=O)O)C3)nc1Nc1ccc2c(cnn2C2CCCCO2)c1Cl. The van der Waals surface area contributed by atoms with Crippen molar-refractivity contribution in [2.24, 2.45) is 7.05 Å². The molecule has 10 nitrogen and oxygen atoms in total. The molecule has 0 saturated carbocycles. The molecule has 1 atom stereocenters. The summed E-state index contributed by atoms with van der Waals surface area (Å²) in [4.78, 5) is 17.6. The number of halogens is 1. The number of carbonyl (C=O) groups is 1. The van der Waals surface area contributed by atoms with Gasteiger partial charge in [0.15, 0.2) is 12.1 Å². The third kappa shape index (κ3) is 3.96. The third-order valence-electron chi connectivity index (χ3n) is 6.93. The lowest BCUT2D eigenvalue weighted by Crippen LogP contribution is -2.34. The largest absolute Gasteiger partial charge is 0.465 e. The highest BCUT2D eigenvalue weighted by molar-refractivity contribution is 6.38. The van der Waals surface area contributed by atoms with Gasteiger partial charge in [-0.2, -0.15) is 10.1 Å². The van der Waals surface area contributed by atoms with Crippen molar-refractivity contribution in [3.63, 3.8) is 0 Å². The Morgan fingerprint density at radius 1 is 1.25 bits per heavy atom. The fraction of sp³-hybridized carbons (Fsp3) is 0.360. The third-order valence-corrected chi connectivity index (χ3v) is 7.34. The van der Waals surface area contributed by atoms with E-state index in [0.717, 1.165) is 53.5 Å². The summed E-state index contributed by atoms with van der Waals surface area (Å²) in [6.07, 6.45) is 4.57. The Morgan fingerprint density at radius 3 is 2.94 bits per heavy atom. The predicted molar refractivity (Wildman–Crippen MR) is 135 cm³/mol. The Kier molecular flexibility index (Phi) is 5.77. The van der Waals surface area contributed by atoms with Crippen LogP contribution < -0.4 is 5.32 Å². The van der Waals surface area contributed by atoms with Gasteiger partial charge in [-0.25, -0.2) is 14.2 Å². The molecular weight excluding hydrogens is 482 g/mol. The molecule has 6 rings (SSSR count). The molecule has 4 heterocycles. The summed E-state index contributed by atoms with van der Waals surface area (Å²) in [6.45, 7) is 1.56. The molecule has 0 aliphatic carbocycles. The van der Waals surface area contributed by atoms with Crippen LogP contribution >= 0.6 is 11.6 Å². The van der Waals surface area contributed by atoms with Gasteiger partial charge in [0.2, 0.25) is 5.95 Å². The molecule has 2 aliphatic rings. The second-order valence-corrected chi connectivity index (χ2v) is 9.55. The number of anilines is 2. The van der Waals surface area contributed by atoms with Gasteiger partial charge in [-0.3, -0.25) is 0 Å². The number of aromatic nitrogens is 5. The average Bonchev–Trinajstić information content (AvgIpc) is 3.49. The van der Waals surface area contributed by atoms with Crippen molar-refractivity contribution in [1.29, 1.82) is 0 Å². The lowest BCUT2D eigenvalue weighted by Gasteiger charge is -2.27. The molecule has 4 aromatic rings. The van der Waals surface area contributed by atoms with Gasteiger partial charge < -0.3 is 20.1 Å². The summed E-state index contributed by atoms with van der Waals surface area (Å²) in [5.74, 6) is 1.13. The van der Waals surface area contributed by atoms with Crippen LogP contribution in [0.25, 0.3) is 22.3 Å². The number of nitrogens with one attached hydrogen (secondary N) is 1. The fourth-order valence-corrected chi connectivity index (χ4v) is 5.30. The van der Waals surface area contributed by atoms with E-state index in [1.807, 2.05) is 42.1 Å². The predicted octanol–water partition coefficient (Wildman–Crippen LogP) is 4.96. The Bertz CT molecular complexity index is 1460. The molecule has 0 bridgehead atoms. The van der Waals surface area contributed by atoms with E-state index in [1.165, 1.54) is 4.90 Å². The molecule has 36 heavy (non-hydrogen) atoms. The zero-order valence-corrected chi connectivity index (χ0v) is 20.6. The number of hydrogen-bond donors (Lipinski definition) is 2. The van der Waals surface area contributed by atoms with Crippen LogP contribution in [-0.2, 0) is 24.8 Å². The summed E-state index contributed by atoms with van der Waals surface area (Å²) in [7, 11) is 1.82. The molecule has 2 aromatic carbocycles. The molecule has 0 spiro atoms. The number of ether oxygens (including phenoxy) is 1. The number of carboxylic acid groups (broad SMARTS) is 1. The van der Waals surface area contributed by atoms with Crippen LogP contribution in [0.5, 0.6) is 0 Å². The number of rotatable bonds is 4. The molecule has 1 unspecified atom stereocenters. The Morgan fingerprint density at radius 2 is 2.14 bits per heavy atom. The van der Waals surface area contributed by atoms with E-state index in [4.69, 9.17) is 21.3 Å². The van der Waals surface area contributed by atoms with E-state index in [-0.39, 0.29) is 6.23 Å². The Balaban J connectivity index is 1.29. The zero-order chi connectivity index (χ0) is 24.8. The minimum atomic E-state index is -0.904. The summed E-state index contributed by atoms with van der Waals surface area (Å²) in [5, 5.41) is 23.3. The molecule has 0 radical (unpaired) electrons. The average molecular weight is 508 g/mol. The molecule has 1 amide bonds. The first-order valence-corrected chi connectivity index (χ1v) is 12.4. The number of benzene rings is 2. The summed E-state index contributed by atoms with van der Waals surface area (Å²) in [6, 6.07) is 9.78. The fourth-order valence-electron chi connectivity index (χ4n) is 5.04. The molecule has 2 N–H and O–H groups in total. The number of hydrogen-bond acceptors (Lipinski definition) is 6. The van der Waals surface area contributed by atoms with Gasteiger partial charge in [0.05, 0.1) is 22.4 Å². The quantitative estimate of drug-likeness (QED) is 0.401. The number of aryl methyl sites for hydroxylation is 1. The van der Waals surface area contributed by atoms with Crippen LogP contribution in [-0.4, -0.2) is 53.8 Å². The topological polar surface area (TPSA) is 110 Å². The zero-order valence-electron chi connectivity index (χ0n) is 19.8. The molecule has 186 valence electrons. The lowest BCUT2D eigenvalue weighted by molar-refractivity contribution is -0.0366. The van der Waals surface area contributed by atoms with Gasteiger partial charge in [-0.05, 0) is 48.9 Å². The van der Waals surface area contributed by atoms with Crippen molar-refractivity contribution in [2.45, 2.75) is 38.5 Å². The maximum absolute atomic E-state index is 11.4. The maximum Gasteiger partial charge on any atom is 0.407 e.